The summed E-state index contributed by atoms with van der Waals surface area (Å²) in [5.41, 5.74) is 9.87. The monoisotopic (exact) mass is 275 g/mol. The van der Waals surface area contributed by atoms with Crippen LogP contribution in [0.2, 0.25) is 0 Å². The fraction of sp³-hybridized carbons (Fsp3) is 0.333. The molecular weight excluding hydrogens is 254 g/mol. The summed E-state index contributed by atoms with van der Waals surface area (Å²) in [7, 11) is 0. The van der Waals surface area contributed by atoms with Crippen LogP contribution >= 0.6 is 0 Å². The third kappa shape index (κ3) is 6.70. The number of allylic oxidation sites excluding steroid dienone is 1. The summed E-state index contributed by atoms with van der Waals surface area (Å²) in [5, 5.41) is 3.83. The molecule has 20 heavy (non-hydrogen) atoms. The highest BCUT2D eigenvalue weighted by Gasteiger charge is 2.00. The highest BCUT2D eigenvalue weighted by Crippen LogP contribution is 2.01. The fourth-order valence-corrected chi connectivity index (χ4v) is 1.51. The van der Waals surface area contributed by atoms with Gasteiger partial charge in [0.05, 0.1) is 6.21 Å². The zero-order chi connectivity index (χ0) is 14.8. The molecule has 0 bridgehead atoms. The molecule has 0 radical (unpaired) electrons. The number of ether oxygens (including phenoxy) is 1. The van der Waals surface area contributed by atoms with Gasteiger partial charge in [-0.2, -0.15) is 5.10 Å². The van der Waals surface area contributed by atoms with Crippen molar-refractivity contribution >= 4 is 12.3 Å². The number of hydrogen-bond acceptors (Lipinski definition) is 4. The van der Waals surface area contributed by atoms with Crippen LogP contribution in [-0.4, -0.2) is 18.3 Å². The molecule has 3 N–H and O–H groups in total. The lowest BCUT2D eigenvalue weighted by Gasteiger charge is -2.04. The van der Waals surface area contributed by atoms with E-state index < -0.39 is 6.09 Å². The molecule has 1 rings (SSSR count). The van der Waals surface area contributed by atoms with Gasteiger partial charge >= 0.3 is 6.09 Å². The van der Waals surface area contributed by atoms with Gasteiger partial charge in [-0.3, -0.25) is 0 Å². The van der Waals surface area contributed by atoms with Crippen molar-refractivity contribution in [3.63, 3.8) is 0 Å². The second-order valence-corrected chi connectivity index (χ2v) is 4.39. The summed E-state index contributed by atoms with van der Waals surface area (Å²) < 4.78 is 5.02. The number of amides is 1. The van der Waals surface area contributed by atoms with Crippen LogP contribution in [0.1, 0.15) is 25.8 Å². The Balaban J connectivity index is 2.36. The maximum Gasteiger partial charge on any atom is 0.428 e. The Morgan fingerprint density at radius 3 is 2.75 bits per heavy atom. The van der Waals surface area contributed by atoms with E-state index in [0.29, 0.717) is 0 Å². The molecule has 0 heterocycles. The van der Waals surface area contributed by atoms with Gasteiger partial charge in [0.1, 0.15) is 6.61 Å². The van der Waals surface area contributed by atoms with Crippen molar-refractivity contribution in [2.45, 2.75) is 32.9 Å². The molecule has 1 aromatic rings. The molecule has 0 saturated carbocycles. The molecule has 1 aromatic carbocycles. The molecule has 0 aromatic heterocycles. The van der Waals surface area contributed by atoms with Crippen LogP contribution in [0.3, 0.4) is 0 Å². The summed E-state index contributed by atoms with van der Waals surface area (Å²) in [5.74, 6) is 0. The number of hydrogen-bond donors (Lipinski definition) is 2. The van der Waals surface area contributed by atoms with Crippen LogP contribution in [0.15, 0.2) is 47.1 Å². The van der Waals surface area contributed by atoms with Gasteiger partial charge in [0.15, 0.2) is 0 Å². The molecule has 0 saturated heterocycles. The molecule has 0 fully saturated rings. The number of nitrogens with two attached hydrogens (primary N) is 1. The standard InChI is InChI=1S/C15H21N3O2/c1-3-13(9-12(2)16)10-17-18-15(19)20-11-14-7-5-4-6-8-14/h4-10,12H,3,11,16H2,1-2H3,(H,18,19)/b13-9-,17-10-. The smallest absolute Gasteiger partial charge is 0.428 e. The van der Waals surface area contributed by atoms with E-state index in [4.69, 9.17) is 10.5 Å². The van der Waals surface area contributed by atoms with Crippen molar-refractivity contribution in [1.82, 2.24) is 5.43 Å². The fourth-order valence-electron chi connectivity index (χ4n) is 1.51. The third-order valence-electron chi connectivity index (χ3n) is 2.48. The topological polar surface area (TPSA) is 76.7 Å². The highest BCUT2D eigenvalue weighted by atomic mass is 16.5. The van der Waals surface area contributed by atoms with Crippen molar-refractivity contribution in [3.8, 4) is 0 Å². The Morgan fingerprint density at radius 2 is 2.15 bits per heavy atom. The van der Waals surface area contributed by atoms with Crippen molar-refractivity contribution in [3.05, 3.63) is 47.5 Å². The van der Waals surface area contributed by atoms with Crippen LogP contribution in [0, 0.1) is 0 Å². The van der Waals surface area contributed by atoms with E-state index >= 15 is 0 Å². The van der Waals surface area contributed by atoms with E-state index in [1.807, 2.05) is 50.3 Å². The Bertz CT molecular complexity index is 467. The second-order valence-electron chi connectivity index (χ2n) is 4.39. The third-order valence-corrected chi connectivity index (χ3v) is 2.48. The number of hydrazone groups is 1. The molecule has 1 amide bonds. The average molecular weight is 275 g/mol. The molecule has 1 atom stereocenters. The van der Waals surface area contributed by atoms with Crippen LogP contribution in [0.5, 0.6) is 0 Å². The Hall–Kier alpha value is -2.14. The number of nitrogens with zero attached hydrogens (tertiary/aromatic N) is 1. The number of benzene rings is 1. The number of rotatable bonds is 6. The molecular formula is C15H21N3O2. The highest BCUT2D eigenvalue weighted by molar-refractivity contribution is 5.79. The number of carbonyl (C=O) groups excluding carboxylic acids is 1. The van der Waals surface area contributed by atoms with E-state index in [-0.39, 0.29) is 12.6 Å². The van der Waals surface area contributed by atoms with Crippen LogP contribution in [0.25, 0.3) is 0 Å². The van der Waals surface area contributed by atoms with Gasteiger partial charge in [0.2, 0.25) is 0 Å². The SMILES string of the molecule is CCC(/C=N\NC(=O)OCc1ccccc1)=C/C(C)N. The van der Waals surface area contributed by atoms with E-state index in [2.05, 4.69) is 10.5 Å². The van der Waals surface area contributed by atoms with Crippen molar-refractivity contribution in [1.29, 1.82) is 0 Å². The van der Waals surface area contributed by atoms with Crippen molar-refractivity contribution in [2.24, 2.45) is 10.8 Å². The van der Waals surface area contributed by atoms with Gasteiger partial charge < -0.3 is 10.5 Å². The van der Waals surface area contributed by atoms with E-state index in [9.17, 15) is 4.79 Å². The zero-order valence-corrected chi connectivity index (χ0v) is 11.9. The minimum Gasteiger partial charge on any atom is -0.443 e. The zero-order valence-electron chi connectivity index (χ0n) is 11.9. The maximum atomic E-state index is 11.4. The normalized spacial score (nSPS) is 13.2. The average Bonchev–Trinajstić information content (AvgIpc) is 2.44. The lowest BCUT2D eigenvalue weighted by atomic mass is 10.1. The molecule has 5 heteroatoms. The summed E-state index contributed by atoms with van der Waals surface area (Å²) in [6.07, 6.45) is 3.68. The quantitative estimate of drug-likeness (QED) is 0.619. The van der Waals surface area contributed by atoms with Crippen LogP contribution in [-0.2, 0) is 11.3 Å². The summed E-state index contributed by atoms with van der Waals surface area (Å²) in [6.45, 7) is 4.09. The first-order chi connectivity index (χ1) is 9.61. The van der Waals surface area contributed by atoms with Gasteiger partial charge in [-0.05, 0) is 24.5 Å². The van der Waals surface area contributed by atoms with Gasteiger partial charge in [-0.25, -0.2) is 10.2 Å². The predicted molar refractivity (Wildman–Crippen MR) is 80.3 cm³/mol. The Labute approximate surface area is 119 Å². The predicted octanol–water partition coefficient (Wildman–Crippen LogP) is 2.58. The molecule has 108 valence electrons. The van der Waals surface area contributed by atoms with Gasteiger partial charge in [0, 0.05) is 6.04 Å². The first-order valence-corrected chi connectivity index (χ1v) is 6.57. The Kier molecular flexibility index (Phi) is 7.06. The number of nitrogens with one attached hydrogen (secondary N) is 1. The molecule has 5 nitrogen and oxygen atoms in total. The van der Waals surface area contributed by atoms with Crippen LogP contribution < -0.4 is 11.2 Å². The molecule has 0 spiro atoms. The van der Waals surface area contributed by atoms with Gasteiger partial charge in [-0.1, -0.05) is 43.3 Å². The Morgan fingerprint density at radius 1 is 1.45 bits per heavy atom. The first-order valence-electron chi connectivity index (χ1n) is 6.57. The molecule has 1 unspecified atom stereocenters. The lowest BCUT2D eigenvalue weighted by Crippen LogP contribution is -2.19. The van der Waals surface area contributed by atoms with Crippen molar-refractivity contribution in [2.75, 3.05) is 0 Å². The minimum atomic E-state index is -0.582. The number of carbonyl (C=O) groups is 1. The van der Waals surface area contributed by atoms with Crippen LogP contribution in [0.4, 0.5) is 4.79 Å². The van der Waals surface area contributed by atoms with Gasteiger partial charge in [-0.15, -0.1) is 0 Å². The summed E-state index contributed by atoms with van der Waals surface area (Å²) in [4.78, 5) is 11.4. The van der Waals surface area contributed by atoms with E-state index in [0.717, 1.165) is 17.6 Å². The largest absolute Gasteiger partial charge is 0.443 e. The maximum absolute atomic E-state index is 11.4. The van der Waals surface area contributed by atoms with E-state index in [1.54, 1.807) is 6.21 Å². The van der Waals surface area contributed by atoms with E-state index in [1.165, 1.54) is 0 Å². The molecule has 0 aliphatic heterocycles. The second kappa shape index (κ2) is 8.87. The lowest BCUT2D eigenvalue weighted by molar-refractivity contribution is 0.140. The summed E-state index contributed by atoms with van der Waals surface area (Å²) in [6, 6.07) is 9.42. The summed E-state index contributed by atoms with van der Waals surface area (Å²) >= 11 is 0. The van der Waals surface area contributed by atoms with Gasteiger partial charge in [0.25, 0.3) is 0 Å². The molecule has 0 aliphatic carbocycles. The molecule has 0 aliphatic rings. The first kappa shape index (κ1) is 15.9. The van der Waals surface area contributed by atoms with Crippen molar-refractivity contribution < 1.29 is 9.53 Å². The minimum absolute atomic E-state index is 0.0403.